The predicted octanol–water partition coefficient (Wildman–Crippen LogP) is 2.41. The number of ether oxygens (including phenoxy) is 1. The van der Waals surface area contributed by atoms with Crippen LogP contribution in [0.1, 0.15) is 21.3 Å². The average molecular weight is 481 g/mol. The summed E-state index contributed by atoms with van der Waals surface area (Å²) in [5.41, 5.74) is 0.211. The van der Waals surface area contributed by atoms with Crippen LogP contribution in [0.15, 0.2) is 40.4 Å². The Hall–Kier alpha value is -3.32. The number of halogens is 3. The van der Waals surface area contributed by atoms with Crippen LogP contribution < -0.4 is 5.32 Å². The van der Waals surface area contributed by atoms with E-state index in [1.165, 1.54) is 29.7 Å². The topological polar surface area (TPSA) is 110 Å². The van der Waals surface area contributed by atoms with Crippen molar-refractivity contribution in [3.05, 3.63) is 52.3 Å². The lowest BCUT2D eigenvalue weighted by molar-refractivity contribution is -0.159. The number of carbonyl (C=O) groups is 2. The van der Waals surface area contributed by atoms with Crippen molar-refractivity contribution in [3.8, 4) is 11.4 Å². The maximum atomic E-state index is 12.7. The van der Waals surface area contributed by atoms with Crippen LogP contribution in [0.5, 0.6) is 0 Å². The molecule has 0 spiro atoms. The molecule has 1 aliphatic rings. The third-order valence-corrected chi connectivity index (χ3v) is 5.75. The number of alkyl halides is 3. The minimum atomic E-state index is -4.75. The molecule has 1 aliphatic heterocycles. The van der Waals surface area contributed by atoms with Crippen LogP contribution in [0.25, 0.3) is 11.4 Å². The number of nitrogens with one attached hydrogen (secondary N) is 1. The van der Waals surface area contributed by atoms with Gasteiger partial charge >= 0.3 is 12.1 Å². The Balaban J connectivity index is 1.35. The van der Waals surface area contributed by atoms with Crippen molar-refractivity contribution in [1.29, 1.82) is 0 Å². The van der Waals surface area contributed by atoms with Gasteiger partial charge in [0, 0.05) is 29.7 Å². The van der Waals surface area contributed by atoms with Crippen LogP contribution >= 0.6 is 11.3 Å². The summed E-state index contributed by atoms with van der Waals surface area (Å²) in [5.74, 6) is -2.30. The number of thiophene rings is 1. The maximum Gasteiger partial charge on any atom is 0.471 e. The van der Waals surface area contributed by atoms with Gasteiger partial charge in [-0.15, -0.1) is 11.3 Å². The van der Waals surface area contributed by atoms with Crippen molar-refractivity contribution in [1.82, 2.24) is 25.3 Å². The molecule has 4 rings (SSSR count). The Morgan fingerprint density at radius 2 is 2.12 bits per heavy atom. The smallest absolute Gasteiger partial charge is 0.377 e. The minimum Gasteiger partial charge on any atom is -0.377 e. The van der Waals surface area contributed by atoms with Crippen LogP contribution in [-0.4, -0.2) is 64.2 Å². The van der Waals surface area contributed by atoms with Crippen LogP contribution in [0.3, 0.4) is 0 Å². The first-order valence-electron chi connectivity index (χ1n) is 9.86. The second kappa shape index (κ2) is 9.67. The molecule has 1 saturated heterocycles. The van der Waals surface area contributed by atoms with Gasteiger partial charge in [0.15, 0.2) is 0 Å². The molecule has 3 aromatic heterocycles. The van der Waals surface area contributed by atoms with Gasteiger partial charge in [0.05, 0.1) is 25.7 Å². The molecule has 2 amide bonds. The van der Waals surface area contributed by atoms with Gasteiger partial charge in [0.25, 0.3) is 5.91 Å². The zero-order valence-electron chi connectivity index (χ0n) is 17.0. The third-order valence-electron chi connectivity index (χ3n) is 4.87. The van der Waals surface area contributed by atoms with E-state index in [9.17, 15) is 22.8 Å². The summed E-state index contributed by atoms with van der Waals surface area (Å²) < 4.78 is 47.5. The molecule has 0 saturated carbocycles. The molecule has 4 heterocycles. The highest BCUT2D eigenvalue weighted by Crippen LogP contribution is 2.29. The molecule has 0 aliphatic carbocycles. The van der Waals surface area contributed by atoms with Gasteiger partial charge in [-0.25, -0.2) is 0 Å². The van der Waals surface area contributed by atoms with Crippen molar-refractivity contribution in [2.75, 3.05) is 26.3 Å². The molecule has 174 valence electrons. The Kier molecular flexibility index (Phi) is 6.70. The van der Waals surface area contributed by atoms with Crippen LogP contribution in [-0.2, 0) is 22.1 Å². The Morgan fingerprint density at radius 3 is 2.79 bits per heavy atom. The van der Waals surface area contributed by atoms with Crippen molar-refractivity contribution in [2.24, 2.45) is 0 Å². The molecule has 9 nitrogen and oxygen atoms in total. The van der Waals surface area contributed by atoms with Gasteiger partial charge in [0.2, 0.25) is 11.7 Å². The molecule has 0 aromatic carbocycles. The standard InChI is InChI=1S/C20H18F3N5O4S/c21-20(22,23)19-26-17(27-32-19)12-3-4-15(24-9-12)18(30)25-10-13-11-31-6-5-28(13)16(29)8-14-2-1-7-33-14/h1-4,7,9,13H,5-6,8,10-11H2,(H,25,30)/t13-/m0/s1. The predicted molar refractivity (Wildman–Crippen MR) is 109 cm³/mol. The average Bonchev–Trinajstić information content (AvgIpc) is 3.50. The van der Waals surface area contributed by atoms with E-state index in [1.807, 2.05) is 17.5 Å². The Bertz CT molecular complexity index is 1100. The zero-order chi connectivity index (χ0) is 23.4. The number of carbonyl (C=O) groups excluding carboxylic acids is 2. The second-order valence-electron chi connectivity index (χ2n) is 7.14. The quantitative estimate of drug-likeness (QED) is 0.576. The molecule has 0 unspecified atom stereocenters. The Morgan fingerprint density at radius 1 is 1.27 bits per heavy atom. The van der Waals surface area contributed by atoms with E-state index >= 15 is 0 Å². The first-order valence-corrected chi connectivity index (χ1v) is 10.7. The van der Waals surface area contributed by atoms with E-state index in [4.69, 9.17) is 4.74 Å². The summed E-state index contributed by atoms with van der Waals surface area (Å²) in [4.78, 5) is 35.1. The molecule has 0 bridgehead atoms. The summed E-state index contributed by atoms with van der Waals surface area (Å²) in [7, 11) is 0. The number of aromatic nitrogens is 3. The largest absolute Gasteiger partial charge is 0.471 e. The zero-order valence-corrected chi connectivity index (χ0v) is 17.9. The number of morpholine rings is 1. The number of nitrogens with zero attached hydrogens (tertiary/aromatic N) is 4. The molecule has 1 atom stereocenters. The highest BCUT2D eigenvalue weighted by molar-refractivity contribution is 7.10. The summed E-state index contributed by atoms with van der Waals surface area (Å²) in [6.07, 6.45) is -3.28. The number of hydrogen-bond acceptors (Lipinski definition) is 8. The molecule has 3 aromatic rings. The summed E-state index contributed by atoms with van der Waals surface area (Å²) in [5, 5.41) is 7.91. The maximum absolute atomic E-state index is 12.7. The van der Waals surface area contributed by atoms with Crippen LogP contribution in [0.4, 0.5) is 13.2 Å². The van der Waals surface area contributed by atoms with E-state index < -0.39 is 18.0 Å². The van der Waals surface area contributed by atoms with Crippen LogP contribution in [0.2, 0.25) is 0 Å². The molecular formula is C20H18F3N5O4S. The highest BCUT2D eigenvalue weighted by Gasteiger charge is 2.38. The number of hydrogen-bond donors (Lipinski definition) is 1. The lowest BCUT2D eigenvalue weighted by Gasteiger charge is -2.35. The van der Waals surface area contributed by atoms with E-state index in [-0.39, 0.29) is 42.0 Å². The minimum absolute atomic E-state index is 0.0409. The highest BCUT2D eigenvalue weighted by atomic mass is 32.1. The lowest BCUT2D eigenvalue weighted by Crippen LogP contribution is -2.54. The number of amides is 2. The van der Waals surface area contributed by atoms with E-state index in [1.54, 1.807) is 4.90 Å². The van der Waals surface area contributed by atoms with Gasteiger partial charge < -0.3 is 19.5 Å². The van der Waals surface area contributed by atoms with E-state index in [0.29, 0.717) is 19.8 Å². The van der Waals surface area contributed by atoms with Crippen molar-refractivity contribution in [2.45, 2.75) is 18.6 Å². The fourth-order valence-corrected chi connectivity index (χ4v) is 3.93. The molecule has 13 heteroatoms. The Labute approximate surface area is 189 Å². The fourth-order valence-electron chi connectivity index (χ4n) is 3.23. The SMILES string of the molecule is O=C(NC[C@H]1COCCN1C(=O)Cc1cccs1)c1ccc(-c2noc(C(F)(F)F)n2)cn1. The van der Waals surface area contributed by atoms with Gasteiger partial charge in [-0.05, 0) is 23.6 Å². The van der Waals surface area contributed by atoms with Gasteiger partial charge in [-0.2, -0.15) is 18.2 Å². The number of pyridine rings is 1. The van der Waals surface area contributed by atoms with E-state index in [0.717, 1.165) is 4.88 Å². The molecule has 33 heavy (non-hydrogen) atoms. The van der Waals surface area contributed by atoms with Crippen molar-refractivity contribution >= 4 is 23.2 Å². The third kappa shape index (κ3) is 5.54. The van der Waals surface area contributed by atoms with Gasteiger partial charge in [-0.3, -0.25) is 14.6 Å². The molecule has 1 fully saturated rings. The first kappa shape index (κ1) is 22.9. The summed E-state index contributed by atoms with van der Waals surface area (Å²) >= 11 is 1.51. The van der Waals surface area contributed by atoms with Crippen molar-refractivity contribution in [3.63, 3.8) is 0 Å². The molecule has 1 N–H and O–H groups in total. The lowest BCUT2D eigenvalue weighted by atomic mass is 10.2. The monoisotopic (exact) mass is 481 g/mol. The van der Waals surface area contributed by atoms with Crippen molar-refractivity contribution < 1.29 is 32.0 Å². The summed E-state index contributed by atoms with van der Waals surface area (Å²) in [6.45, 7) is 1.32. The number of rotatable bonds is 6. The van der Waals surface area contributed by atoms with E-state index in [2.05, 4.69) is 25.0 Å². The van der Waals surface area contributed by atoms with Gasteiger partial charge in [-0.1, -0.05) is 11.2 Å². The molecular weight excluding hydrogens is 463 g/mol. The molecule has 0 radical (unpaired) electrons. The summed E-state index contributed by atoms with van der Waals surface area (Å²) in [6, 6.07) is 6.16. The first-order chi connectivity index (χ1) is 15.8. The van der Waals surface area contributed by atoms with Gasteiger partial charge in [0.1, 0.15) is 5.69 Å². The van der Waals surface area contributed by atoms with Crippen LogP contribution in [0, 0.1) is 0 Å². The second-order valence-corrected chi connectivity index (χ2v) is 8.17. The fraction of sp³-hybridized carbons (Fsp3) is 0.350. The normalized spacial score (nSPS) is 16.6.